The molecular formula is C15H22ClFN2O. The largest absolute Gasteiger partial charge is 0.396 e. The Hall–Kier alpha value is -0.680. The summed E-state index contributed by atoms with van der Waals surface area (Å²) in [7, 11) is 0. The molecule has 1 saturated carbocycles. The molecule has 0 spiro atoms. The highest BCUT2D eigenvalue weighted by atomic mass is 35.5. The average Bonchev–Trinajstić information content (AvgIpc) is 2.48. The van der Waals surface area contributed by atoms with Crippen molar-refractivity contribution >= 4 is 11.6 Å². The van der Waals surface area contributed by atoms with Crippen molar-refractivity contribution < 1.29 is 9.50 Å². The number of aliphatic hydroxyl groups is 1. The van der Waals surface area contributed by atoms with Crippen LogP contribution in [0.4, 0.5) is 4.39 Å². The Balaban J connectivity index is 2.13. The second-order valence-corrected chi connectivity index (χ2v) is 5.84. The molecule has 1 aromatic rings. The third kappa shape index (κ3) is 3.50. The molecule has 0 aliphatic heterocycles. The molecule has 0 aromatic heterocycles. The Morgan fingerprint density at radius 2 is 2.15 bits per heavy atom. The molecule has 0 saturated heterocycles. The fourth-order valence-electron chi connectivity index (χ4n) is 2.98. The highest BCUT2D eigenvalue weighted by Crippen LogP contribution is 2.28. The van der Waals surface area contributed by atoms with E-state index in [4.69, 9.17) is 17.3 Å². The quantitative estimate of drug-likeness (QED) is 0.783. The van der Waals surface area contributed by atoms with Crippen LogP contribution in [0.1, 0.15) is 37.3 Å². The molecule has 1 aliphatic carbocycles. The minimum Gasteiger partial charge on any atom is -0.396 e. The molecule has 112 valence electrons. The minimum absolute atomic E-state index is 0.116. The fraction of sp³-hybridized carbons (Fsp3) is 0.600. The van der Waals surface area contributed by atoms with Gasteiger partial charge in [-0.2, -0.15) is 0 Å². The SMILES string of the molecule is NCC(NC1CCCCC1CO)c1cccc(Cl)c1F. The number of benzene rings is 1. The van der Waals surface area contributed by atoms with Crippen molar-refractivity contribution in [3.63, 3.8) is 0 Å². The Morgan fingerprint density at radius 1 is 1.40 bits per heavy atom. The summed E-state index contributed by atoms with van der Waals surface area (Å²) in [4.78, 5) is 0. The van der Waals surface area contributed by atoms with Crippen LogP contribution < -0.4 is 11.1 Å². The van der Waals surface area contributed by atoms with E-state index in [9.17, 15) is 9.50 Å². The van der Waals surface area contributed by atoms with Gasteiger partial charge in [-0.3, -0.25) is 0 Å². The van der Waals surface area contributed by atoms with Crippen molar-refractivity contribution in [3.05, 3.63) is 34.6 Å². The van der Waals surface area contributed by atoms with Crippen LogP contribution in [0.2, 0.25) is 5.02 Å². The molecule has 3 unspecified atom stereocenters. The number of halogens is 2. The molecule has 0 radical (unpaired) electrons. The van der Waals surface area contributed by atoms with Crippen LogP contribution in [0.15, 0.2) is 18.2 Å². The Bertz CT molecular complexity index is 444. The molecule has 0 amide bonds. The second-order valence-electron chi connectivity index (χ2n) is 5.43. The summed E-state index contributed by atoms with van der Waals surface area (Å²) in [6.07, 6.45) is 4.26. The molecule has 5 heteroatoms. The maximum absolute atomic E-state index is 14.1. The summed E-state index contributed by atoms with van der Waals surface area (Å²) in [5, 5.41) is 13.0. The van der Waals surface area contributed by atoms with E-state index in [1.807, 2.05) is 0 Å². The summed E-state index contributed by atoms with van der Waals surface area (Å²) < 4.78 is 14.1. The first-order chi connectivity index (χ1) is 9.67. The Kier molecular flexibility index (Phi) is 5.78. The van der Waals surface area contributed by atoms with E-state index in [0.29, 0.717) is 12.1 Å². The topological polar surface area (TPSA) is 58.3 Å². The molecule has 2 rings (SSSR count). The highest BCUT2D eigenvalue weighted by Gasteiger charge is 2.27. The fourth-order valence-corrected chi connectivity index (χ4v) is 3.16. The highest BCUT2D eigenvalue weighted by molar-refractivity contribution is 6.30. The molecule has 1 aliphatic rings. The van der Waals surface area contributed by atoms with E-state index in [0.717, 1.165) is 25.7 Å². The monoisotopic (exact) mass is 300 g/mol. The van der Waals surface area contributed by atoms with Crippen LogP contribution in [0.3, 0.4) is 0 Å². The number of hydrogen-bond donors (Lipinski definition) is 3. The number of nitrogens with one attached hydrogen (secondary N) is 1. The van der Waals surface area contributed by atoms with Crippen LogP contribution in [-0.4, -0.2) is 24.3 Å². The summed E-state index contributed by atoms with van der Waals surface area (Å²) in [6, 6.07) is 4.88. The smallest absolute Gasteiger partial charge is 0.146 e. The average molecular weight is 301 g/mol. The van der Waals surface area contributed by atoms with Crippen LogP contribution in [-0.2, 0) is 0 Å². The zero-order valence-electron chi connectivity index (χ0n) is 11.5. The van der Waals surface area contributed by atoms with Gasteiger partial charge in [-0.05, 0) is 24.8 Å². The molecule has 3 nitrogen and oxygen atoms in total. The van der Waals surface area contributed by atoms with Gasteiger partial charge in [-0.15, -0.1) is 0 Å². The summed E-state index contributed by atoms with van der Waals surface area (Å²) in [5.74, 6) is -0.187. The molecule has 4 N–H and O–H groups in total. The van der Waals surface area contributed by atoms with E-state index >= 15 is 0 Å². The van der Waals surface area contributed by atoms with E-state index in [1.54, 1.807) is 12.1 Å². The summed E-state index contributed by atoms with van der Waals surface area (Å²) >= 11 is 5.83. The van der Waals surface area contributed by atoms with Gasteiger partial charge in [0.15, 0.2) is 0 Å². The summed E-state index contributed by atoms with van der Waals surface area (Å²) in [5.41, 5.74) is 6.30. The van der Waals surface area contributed by atoms with Gasteiger partial charge in [0.25, 0.3) is 0 Å². The third-order valence-electron chi connectivity index (χ3n) is 4.15. The lowest BCUT2D eigenvalue weighted by atomic mass is 9.84. The van der Waals surface area contributed by atoms with Crippen LogP contribution >= 0.6 is 11.6 Å². The van der Waals surface area contributed by atoms with Gasteiger partial charge in [0, 0.05) is 30.8 Å². The standard InChI is InChI=1S/C15H22ClFN2O/c16-12-6-3-5-11(15(12)17)14(8-18)19-13-7-2-1-4-10(13)9-20/h3,5-6,10,13-14,19-20H,1-2,4,7-9,18H2. The van der Waals surface area contributed by atoms with Gasteiger partial charge in [0.1, 0.15) is 5.82 Å². The van der Waals surface area contributed by atoms with Crippen molar-refractivity contribution in [2.45, 2.75) is 37.8 Å². The first kappa shape index (κ1) is 15.7. The Morgan fingerprint density at radius 3 is 2.85 bits per heavy atom. The maximum Gasteiger partial charge on any atom is 0.146 e. The molecule has 20 heavy (non-hydrogen) atoms. The van der Waals surface area contributed by atoms with Gasteiger partial charge >= 0.3 is 0 Å². The zero-order valence-corrected chi connectivity index (χ0v) is 12.2. The lowest BCUT2D eigenvalue weighted by molar-refractivity contribution is 0.146. The van der Waals surface area contributed by atoms with Crippen LogP contribution in [0.5, 0.6) is 0 Å². The maximum atomic E-state index is 14.1. The minimum atomic E-state index is -0.409. The lowest BCUT2D eigenvalue weighted by Gasteiger charge is -2.34. The van der Waals surface area contributed by atoms with E-state index in [-0.39, 0.29) is 29.6 Å². The number of rotatable bonds is 5. The molecule has 0 heterocycles. The molecule has 1 aromatic carbocycles. The van der Waals surface area contributed by atoms with Crippen molar-refractivity contribution in [1.82, 2.24) is 5.32 Å². The van der Waals surface area contributed by atoms with Gasteiger partial charge in [-0.25, -0.2) is 4.39 Å². The van der Waals surface area contributed by atoms with Crippen molar-refractivity contribution in [1.29, 1.82) is 0 Å². The van der Waals surface area contributed by atoms with Crippen molar-refractivity contribution in [3.8, 4) is 0 Å². The number of aliphatic hydroxyl groups excluding tert-OH is 1. The molecule has 1 fully saturated rings. The predicted octanol–water partition coefficient (Wildman–Crippen LogP) is 2.62. The number of nitrogens with two attached hydrogens (primary N) is 1. The third-order valence-corrected chi connectivity index (χ3v) is 4.44. The number of hydrogen-bond acceptors (Lipinski definition) is 3. The van der Waals surface area contributed by atoms with Crippen LogP contribution in [0, 0.1) is 11.7 Å². The van der Waals surface area contributed by atoms with Gasteiger partial charge in [0.05, 0.1) is 5.02 Å². The van der Waals surface area contributed by atoms with Gasteiger partial charge in [0.2, 0.25) is 0 Å². The zero-order chi connectivity index (χ0) is 14.5. The predicted molar refractivity (Wildman–Crippen MR) is 79.2 cm³/mol. The Labute approximate surface area is 124 Å². The molecular weight excluding hydrogens is 279 g/mol. The normalized spacial score (nSPS) is 24.6. The molecule has 0 bridgehead atoms. The van der Waals surface area contributed by atoms with E-state index in [2.05, 4.69) is 5.32 Å². The first-order valence-corrected chi connectivity index (χ1v) is 7.56. The van der Waals surface area contributed by atoms with E-state index < -0.39 is 5.82 Å². The lowest BCUT2D eigenvalue weighted by Crippen LogP contribution is -2.44. The molecule has 3 atom stereocenters. The van der Waals surface area contributed by atoms with Crippen molar-refractivity contribution in [2.75, 3.05) is 13.2 Å². The second kappa shape index (κ2) is 7.36. The van der Waals surface area contributed by atoms with Crippen molar-refractivity contribution in [2.24, 2.45) is 11.7 Å². The van der Waals surface area contributed by atoms with Crippen LogP contribution in [0.25, 0.3) is 0 Å². The van der Waals surface area contributed by atoms with Gasteiger partial charge in [-0.1, -0.05) is 36.6 Å². The first-order valence-electron chi connectivity index (χ1n) is 7.18. The summed E-state index contributed by atoms with van der Waals surface area (Å²) in [6.45, 7) is 0.457. The van der Waals surface area contributed by atoms with E-state index in [1.165, 1.54) is 6.07 Å². The van der Waals surface area contributed by atoms with Gasteiger partial charge < -0.3 is 16.2 Å².